The first kappa shape index (κ1) is 26.6. The van der Waals surface area contributed by atoms with Crippen molar-refractivity contribution in [2.75, 3.05) is 31.7 Å². The van der Waals surface area contributed by atoms with Gasteiger partial charge in [0, 0.05) is 29.6 Å². The van der Waals surface area contributed by atoms with E-state index in [2.05, 4.69) is 10.3 Å². The quantitative estimate of drug-likeness (QED) is 0.131. The van der Waals surface area contributed by atoms with Crippen LogP contribution >= 0.6 is 47.2 Å². The molecule has 0 radical (unpaired) electrons. The summed E-state index contributed by atoms with van der Waals surface area (Å²) in [4.78, 5) is 16.3. The highest BCUT2D eigenvalue weighted by Crippen LogP contribution is 2.44. The second-order valence-corrected chi connectivity index (χ2v) is 7.57. The number of nitriles is 1. The Morgan fingerprint density at radius 1 is 1.09 bits per heavy atom. The van der Waals surface area contributed by atoms with Gasteiger partial charge in [0.1, 0.15) is 11.8 Å². The lowest BCUT2D eigenvalue weighted by molar-refractivity contribution is 0.295. The van der Waals surface area contributed by atoms with Gasteiger partial charge in [-0.05, 0) is 18.6 Å². The van der Waals surface area contributed by atoms with Crippen molar-refractivity contribution in [2.24, 2.45) is 5.29 Å². The van der Waals surface area contributed by atoms with Crippen LogP contribution in [0.15, 0.2) is 35.7 Å². The van der Waals surface area contributed by atoms with E-state index in [-0.39, 0.29) is 45.1 Å². The molecular formula is C21H18Cl4N4O4. The number of methoxy groups -OCH3 is 2. The van der Waals surface area contributed by atoms with Crippen molar-refractivity contribution in [3.63, 3.8) is 0 Å². The zero-order valence-corrected chi connectivity index (χ0v) is 20.6. The number of benzene rings is 2. The van der Waals surface area contributed by atoms with Crippen molar-refractivity contribution in [3.05, 3.63) is 51.0 Å². The monoisotopic (exact) mass is 530 g/mol. The van der Waals surface area contributed by atoms with E-state index >= 15 is 0 Å². The molecule has 0 spiro atoms. The SMILES string of the molecule is COc1cc(N(N=O)c2c(C#N)cnc3cc(OCCCCl)c(OC)cc23)c(Cl)cc1Cl.Cl. The Hall–Kier alpha value is -2.70. The number of aromatic nitrogens is 1. The summed E-state index contributed by atoms with van der Waals surface area (Å²) in [6, 6.07) is 8.19. The van der Waals surface area contributed by atoms with Crippen LogP contribution in [0.25, 0.3) is 10.9 Å². The minimum atomic E-state index is 0. The van der Waals surface area contributed by atoms with Crippen LogP contribution in [-0.2, 0) is 0 Å². The van der Waals surface area contributed by atoms with E-state index in [0.717, 1.165) is 5.01 Å². The summed E-state index contributed by atoms with van der Waals surface area (Å²) < 4.78 is 16.4. The van der Waals surface area contributed by atoms with Gasteiger partial charge in [-0.1, -0.05) is 23.2 Å². The second-order valence-electron chi connectivity index (χ2n) is 6.38. The maximum atomic E-state index is 12.0. The average Bonchev–Trinajstić information content (AvgIpc) is 2.80. The van der Waals surface area contributed by atoms with Crippen molar-refractivity contribution in [2.45, 2.75) is 6.42 Å². The molecule has 12 heteroatoms. The number of rotatable bonds is 9. The lowest BCUT2D eigenvalue weighted by atomic mass is 10.1. The molecule has 0 unspecified atom stereocenters. The molecule has 8 nitrogen and oxygen atoms in total. The second kappa shape index (κ2) is 12.0. The van der Waals surface area contributed by atoms with Gasteiger partial charge in [0.2, 0.25) is 0 Å². The van der Waals surface area contributed by atoms with Gasteiger partial charge in [-0.3, -0.25) is 4.98 Å². The normalized spacial score (nSPS) is 10.2. The molecule has 0 aliphatic heterocycles. The van der Waals surface area contributed by atoms with E-state index in [1.54, 1.807) is 12.1 Å². The molecule has 0 N–H and O–H groups in total. The zero-order valence-electron chi connectivity index (χ0n) is 17.5. The lowest BCUT2D eigenvalue weighted by Crippen LogP contribution is -2.12. The predicted molar refractivity (Wildman–Crippen MR) is 132 cm³/mol. The number of ether oxygens (including phenoxy) is 3. The van der Waals surface area contributed by atoms with Crippen LogP contribution in [0.1, 0.15) is 12.0 Å². The third-order valence-electron chi connectivity index (χ3n) is 4.52. The largest absolute Gasteiger partial charge is 0.495 e. The number of halogens is 4. The molecular weight excluding hydrogens is 514 g/mol. The Kier molecular flexibility index (Phi) is 9.62. The van der Waals surface area contributed by atoms with Crippen LogP contribution < -0.4 is 19.2 Å². The van der Waals surface area contributed by atoms with Gasteiger partial charge in [-0.25, -0.2) is 0 Å². The smallest absolute Gasteiger partial charge is 0.163 e. The van der Waals surface area contributed by atoms with Gasteiger partial charge in [0.15, 0.2) is 11.5 Å². The summed E-state index contributed by atoms with van der Waals surface area (Å²) in [5, 5.41) is 14.6. The van der Waals surface area contributed by atoms with E-state index in [1.165, 1.54) is 32.5 Å². The summed E-state index contributed by atoms with van der Waals surface area (Å²) >= 11 is 18.2. The molecule has 1 heterocycles. The lowest BCUT2D eigenvalue weighted by Gasteiger charge is -2.21. The molecule has 1 aromatic heterocycles. The molecule has 0 saturated heterocycles. The van der Waals surface area contributed by atoms with Crippen LogP contribution in [0.5, 0.6) is 17.2 Å². The van der Waals surface area contributed by atoms with E-state index in [1.807, 2.05) is 6.07 Å². The van der Waals surface area contributed by atoms with Crippen LogP contribution in [0.4, 0.5) is 11.4 Å². The summed E-state index contributed by atoms with van der Waals surface area (Å²) in [6.45, 7) is 0.386. The molecule has 174 valence electrons. The zero-order chi connectivity index (χ0) is 23.3. The van der Waals surface area contributed by atoms with Gasteiger partial charge in [0.05, 0.1) is 58.6 Å². The summed E-state index contributed by atoms with van der Waals surface area (Å²) in [6.07, 6.45) is 1.99. The maximum Gasteiger partial charge on any atom is 0.163 e. The van der Waals surface area contributed by atoms with Gasteiger partial charge in [-0.15, -0.1) is 28.9 Å². The van der Waals surface area contributed by atoms with E-state index in [4.69, 9.17) is 49.0 Å². The van der Waals surface area contributed by atoms with Crippen LogP contribution in [0.2, 0.25) is 10.0 Å². The Balaban J connectivity index is 0.00000385. The first-order chi connectivity index (χ1) is 15.5. The molecule has 0 atom stereocenters. The van der Waals surface area contributed by atoms with E-state index in [9.17, 15) is 10.2 Å². The van der Waals surface area contributed by atoms with Gasteiger partial charge in [-0.2, -0.15) is 10.3 Å². The molecule has 2 aromatic carbocycles. The Labute approximate surface area is 211 Å². The highest BCUT2D eigenvalue weighted by atomic mass is 35.5. The number of pyridine rings is 1. The number of alkyl halides is 1. The molecule has 0 fully saturated rings. The summed E-state index contributed by atoms with van der Waals surface area (Å²) in [5.74, 6) is 1.57. The van der Waals surface area contributed by atoms with Crippen molar-refractivity contribution in [3.8, 4) is 23.3 Å². The molecule has 0 bridgehead atoms. The van der Waals surface area contributed by atoms with E-state index in [0.29, 0.717) is 41.3 Å². The van der Waals surface area contributed by atoms with Crippen molar-refractivity contribution < 1.29 is 14.2 Å². The number of hydrogen-bond acceptors (Lipinski definition) is 7. The Bertz CT molecular complexity index is 1200. The molecule has 3 rings (SSSR count). The standard InChI is InChI=1S/C21H17Cl3N4O4.ClH/c1-30-18-9-17(14(23)7-15(18)24)28(27-29)21-12(10-25)11-26-16-8-20(32-5-3-4-22)19(31-2)6-13(16)21;/h6-9,11H,3-5H2,1-2H3;1H. The minimum absolute atomic E-state index is 0. The topological polar surface area (TPSA) is 97.0 Å². The molecule has 0 aliphatic rings. The molecule has 3 aromatic rings. The summed E-state index contributed by atoms with van der Waals surface area (Å²) in [7, 11) is 2.91. The fraction of sp³-hybridized carbons (Fsp3) is 0.238. The molecule has 33 heavy (non-hydrogen) atoms. The summed E-state index contributed by atoms with van der Waals surface area (Å²) in [5.41, 5.74) is 0.893. The van der Waals surface area contributed by atoms with Gasteiger partial charge >= 0.3 is 0 Å². The molecule has 0 aliphatic carbocycles. The number of fused-ring (bicyclic) bond motifs is 1. The first-order valence-electron chi connectivity index (χ1n) is 9.25. The molecule has 0 amide bonds. The number of nitrogens with zero attached hydrogens (tertiary/aromatic N) is 4. The third-order valence-corrected chi connectivity index (χ3v) is 5.39. The van der Waals surface area contributed by atoms with Crippen molar-refractivity contribution in [1.82, 2.24) is 4.98 Å². The van der Waals surface area contributed by atoms with Crippen LogP contribution in [0, 0.1) is 16.2 Å². The maximum absolute atomic E-state index is 12.0. The minimum Gasteiger partial charge on any atom is -0.495 e. The number of hydrogen-bond donors (Lipinski definition) is 0. The number of nitroso groups, excluding NO2 is 1. The number of anilines is 2. The van der Waals surface area contributed by atoms with Gasteiger partial charge in [0.25, 0.3) is 0 Å². The van der Waals surface area contributed by atoms with Crippen molar-refractivity contribution >= 4 is 69.5 Å². The van der Waals surface area contributed by atoms with Crippen LogP contribution in [0.3, 0.4) is 0 Å². The highest BCUT2D eigenvalue weighted by Gasteiger charge is 2.24. The van der Waals surface area contributed by atoms with Crippen molar-refractivity contribution in [1.29, 1.82) is 5.26 Å². The Morgan fingerprint density at radius 2 is 1.82 bits per heavy atom. The molecule has 0 saturated carbocycles. The average molecular weight is 532 g/mol. The highest BCUT2D eigenvalue weighted by molar-refractivity contribution is 6.37. The predicted octanol–water partition coefficient (Wildman–Crippen LogP) is 6.68. The van der Waals surface area contributed by atoms with Gasteiger partial charge < -0.3 is 14.2 Å². The fourth-order valence-corrected chi connectivity index (χ4v) is 3.70. The Morgan fingerprint density at radius 3 is 2.42 bits per heavy atom. The first-order valence-corrected chi connectivity index (χ1v) is 10.5. The fourth-order valence-electron chi connectivity index (χ4n) is 3.05. The third kappa shape index (κ3) is 5.45. The van der Waals surface area contributed by atoms with E-state index < -0.39 is 0 Å². The van der Waals surface area contributed by atoms with Crippen LogP contribution in [-0.4, -0.2) is 31.7 Å².